The molecule has 2 fully saturated rings. The smallest absolute Gasteiger partial charge is 0.410 e. The van der Waals surface area contributed by atoms with Gasteiger partial charge in [-0.25, -0.2) is 22.2 Å². The van der Waals surface area contributed by atoms with E-state index in [1.54, 1.807) is 29.2 Å². The third-order valence-electron chi connectivity index (χ3n) is 7.06. The Morgan fingerprint density at radius 3 is 2.49 bits per heavy atom. The number of hydrogen-bond acceptors (Lipinski definition) is 7. The van der Waals surface area contributed by atoms with Crippen molar-refractivity contribution < 1.29 is 17.9 Å². The number of fused-ring (bicyclic) bond motifs is 2. The number of hydrogen-bond donors (Lipinski definition) is 0. The summed E-state index contributed by atoms with van der Waals surface area (Å²) in [6, 6.07) is 21.6. The first-order valence-corrected chi connectivity index (χ1v) is 13.3. The van der Waals surface area contributed by atoms with Crippen LogP contribution >= 0.6 is 0 Å². The molecular weight excluding hydrogens is 490 g/mol. The Labute approximate surface area is 214 Å². The van der Waals surface area contributed by atoms with Gasteiger partial charge in [-0.15, -0.1) is 0 Å². The molecule has 0 aliphatic carbocycles. The lowest BCUT2D eigenvalue weighted by molar-refractivity contribution is 0.103. The van der Waals surface area contributed by atoms with E-state index < -0.39 is 10.0 Å². The van der Waals surface area contributed by atoms with E-state index in [1.165, 1.54) is 24.5 Å². The van der Waals surface area contributed by atoms with Gasteiger partial charge in [0, 0.05) is 43.3 Å². The van der Waals surface area contributed by atoms with Crippen LogP contribution in [0.3, 0.4) is 0 Å². The molecule has 37 heavy (non-hydrogen) atoms. The zero-order valence-corrected chi connectivity index (χ0v) is 20.6. The third kappa shape index (κ3) is 3.88. The molecule has 4 aromatic rings. The lowest BCUT2D eigenvalue weighted by Crippen LogP contribution is -2.56. The standard InChI is InChI=1S/C27H23N5O4S/c28-13-20-14-29-26-23(11-12-32(26)37(34,35)22-9-5-2-6-10-22)25(20)31-16-21-15-30(17-24(21)31)27(33)36-18-19-7-3-1-4-8-19/h1-12,14,21,24H,15-18H2. The maximum Gasteiger partial charge on any atom is 0.410 e. The molecule has 4 heterocycles. The predicted molar refractivity (Wildman–Crippen MR) is 136 cm³/mol. The number of ether oxygens (including phenoxy) is 1. The molecule has 0 saturated carbocycles. The van der Waals surface area contributed by atoms with Crippen LogP contribution in [0.25, 0.3) is 11.0 Å². The molecule has 2 aliphatic heterocycles. The van der Waals surface area contributed by atoms with Crippen LogP contribution in [0.5, 0.6) is 0 Å². The third-order valence-corrected chi connectivity index (χ3v) is 8.74. The number of amides is 1. The number of carbonyl (C=O) groups excluding carboxylic acids is 1. The number of nitriles is 1. The first-order valence-electron chi connectivity index (χ1n) is 11.9. The van der Waals surface area contributed by atoms with Crippen molar-refractivity contribution in [1.82, 2.24) is 13.9 Å². The minimum atomic E-state index is -3.86. The predicted octanol–water partition coefficient (Wildman–Crippen LogP) is 3.60. The molecule has 2 unspecified atom stereocenters. The number of pyridine rings is 1. The lowest BCUT2D eigenvalue weighted by Gasteiger charge is -2.45. The Hall–Kier alpha value is -4.36. The summed E-state index contributed by atoms with van der Waals surface area (Å²) in [5, 5.41) is 10.4. The average Bonchev–Trinajstić information content (AvgIpc) is 3.51. The van der Waals surface area contributed by atoms with Crippen molar-refractivity contribution in [2.24, 2.45) is 5.92 Å². The first kappa shape index (κ1) is 23.1. The molecular formula is C27H23N5O4S. The summed E-state index contributed by atoms with van der Waals surface area (Å²) in [6.07, 6.45) is 2.53. The van der Waals surface area contributed by atoms with Crippen molar-refractivity contribution >= 4 is 32.8 Å². The summed E-state index contributed by atoms with van der Waals surface area (Å²) < 4.78 is 33.2. The van der Waals surface area contributed by atoms with Gasteiger partial charge in [0.05, 0.1) is 22.2 Å². The molecule has 6 rings (SSSR count). The van der Waals surface area contributed by atoms with Crippen molar-refractivity contribution in [2.75, 3.05) is 24.5 Å². The SMILES string of the molecule is N#Cc1cnc2c(ccn2S(=O)(=O)c2ccccc2)c1N1CC2CN(C(=O)OCc3ccccc3)CC21. The van der Waals surface area contributed by atoms with Crippen LogP contribution in [-0.4, -0.2) is 54.0 Å². The van der Waals surface area contributed by atoms with Gasteiger partial charge in [0.25, 0.3) is 10.0 Å². The fourth-order valence-corrected chi connectivity index (χ4v) is 6.52. The zero-order chi connectivity index (χ0) is 25.6. The summed E-state index contributed by atoms with van der Waals surface area (Å²) in [7, 11) is -3.86. The van der Waals surface area contributed by atoms with E-state index in [1.807, 2.05) is 30.3 Å². The summed E-state index contributed by atoms with van der Waals surface area (Å²) in [5.41, 5.74) is 2.20. The molecule has 1 amide bonds. The molecule has 2 atom stereocenters. The topological polar surface area (TPSA) is 109 Å². The number of aromatic nitrogens is 2. The van der Waals surface area contributed by atoms with Crippen LogP contribution in [0.1, 0.15) is 11.1 Å². The van der Waals surface area contributed by atoms with E-state index in [0.29, 0.717) is 36.3 Å². The van der Waals surface area contributed by atoms with Crippen LogP contribution in [0.15, 0.2) is 84.0 Å². The highest BCUT2D eigenvalue weighted by molar-refractivity contribution is 7.90. The number of anilines is 1. The van der Waals surface area contributed by atoms with E-state index in [2.05, 4.69) is 16.0 Å². The first-order chi connectivity index (χ1) is 18.0. The Balaban J connectivity index is 1.26. The van der Waals surface area contributed by atoms with Gasteiger partial charge < -0.3 is 14.5 Å². The average molecular weight is 514 g/mol. The van der Waals surface area contributed by atoms with Crippen LogP contribution in [0, 0.1) is 17.2 Å². The number of rotatable bonds is 5. The fourth-order valence-electron chi connectivity index (χ4n) is 5.19. The highest BCUT2D eigenvalue weighted by atomic mass is 32.2. The van der Waals surface area contributed by atoms with E-state index in [4.69, 9.17) is 4.74 Å². The number of nitrogens with zero attached hydrogens (tertiary/aromatic N) is 5. The van der Waals surface area contributed by atoms with Gasteiger partial charge >= 0.3 is 6.09 Å². The second kappa shape index (κ2) is 8.94. The fraction of sp³-hybridized carbons (Fsp3) is 0.222. The molecule has 9 nitrogen and oxygen atoms in total. The van der Waals surface area contributed by atoms with Crippen molar-refractivity contribution in [3.63, 3.8) is 0 Å². The van der Waals surface area contributed by atoms with Gasteiger partial charge in [-0.1, -0.05) is 48.5 Å². The maximum atomic E-state index is 13.3. The van der Waals surface area contributed by atoms with Crippen molar-refractivity contribution in [1.29, 1.82) is 5.26 Å². The van der Waals surface area contributed by atoms with E-state index in [-0.39, 0.29) is 35.2 Å². The van der Waals surface area contributed by atoms with E-state index in [9.17, 15) is 18.5 Å². The Morgan fingerprint density at radius 2 is 1.76 bits per heavy atom. The lowest BCUT2D eigenvalue weighted by atomic mass is 9.90. The molecule has 2 aromatic heterocycles. The molecule has 2 aromatic carbocycles. The highest BCUT2D eigenvalue weighted by Gasteiger charge is 2.48. The minimum Gasteiger partial charge on any atom is -0.445 e. The second-order valence-electron chi connectivity index (χ2n) is 9.22. The molecule has 0 radical (unpaired) electrons. The van der Waals surface area contributed by atoms with E-state index in [0.717, 1.165) is 9.54 Å². The maximum absolute atomic E-state index is 13.3. The van der Waals surface area contributed by atoms with Gasteiger partial charge in [-0.3, -0.25) is 0 Å². The molecule has 2 aliphatic rings. The van der Waals surface area contributed by atoms with Crippen LogP contribution in [0.4, 0.5) is 10.5 Å². The van der Waals surface area contributed by atoms with Crippen molar-refractivity contribution in [2.45, 2.75) is 17.5 Å². The minimum absolute atomic E-state index is 0.0102. The highest BCUT2D eigenvalue weighted by Crippen LogP contribution is 2.41. The summed E-state index contributed by atoms with van der Waals surface area (Å²) in [4.78, 5) is 21.0. The summed E-state index contributed by atoms with van der Waals surface area (Å²) >= 11 is 0. The number of carbonyl (C=O) groups is 1. The number of likely N-dealkylation sites (tertiary alicyclic amines) is 1. The van der Waals surface area contributed by atoms with Crippen LogP contribution in [-0.2, 0) is 21.4 Å². The quantitative estimate of drug-likeness (QED) is 0.401. The molecule has 0 spiro atoms. The van der Waals surface area contributed by atoms with Gasteiger partial charge in [0.2, 0.25) is 0 Å². The normalized spacial score (nSPS) is 18.8. The Morgan fingerprint density at radius 1 is 1.03 bits per heavy atom. The molecule has 186 valence electrons. The molecule has 2 saturated heterocycles. The molecule has 0 N–H and O–H groups in total. The monoisotopic (exact) mass is 513 g/mol. The van der Waals surface area contributed by atoms with Crippen LogP contribution in [0.2, 0.25) is 0 Å². The number of benzene rings is 2. The van der Waals surface area contributed by atoms with Gasteiger partial charge in [0.1, 0.15) is 12.7 Å². The Bertz CT molecular complexity index is 1630. The summed E-state index contributed by atoms with van der Waals surface area (Å²) in [6.45, 7) is 1.91. The van der Waals surface area contributed by atoms with Crippen LogP contribution < -0.4 is 4.90 Å². The van der Waals surface area contributed by atoms with Gasteiger partial charge in [-0.05, 0) is 23.8 Å². The molecule has 0 bridgehead atoms. The Kier molecular flexibility index (Phi) is 5.57. The van der Waals surface area contributed by atoms with Gasteiger partial charge in [-0.2, -0.15) is 5.26 Å². The van der Waals surface area contributed by atoms with Gasteiger partial charge in [0.15, 0.2) is 5.65 Å². The van der Waals surface area contributed by atoms with Crippen molar-refractivity contribution in [3.8, 4) is 6.07 Å². The van der Waals surface area contributed by atoms with E-state index >= 15 is 0 Å². The second-order valence-corrected chi connectivity index (χ2v) is 11.0. The van der Waals surface area contributed by atoms with Crippen molar-refractivity contribution in [3.05, 3.63) is 90.3 Å². The summed E-state index contributed by atoms with van der Waals surface area (Å²) in [5.74, 6) is 0.245. The largest absolute Gasteiger partial charge is 0.445 e. The zero-order valence-electron chi connectivity index (χ0n) is 19.8. The molecule has 10 heteroatoms.